The van der Waals surface area contributed by atoms with Crippen molar-refractivity contribution < 1.29 is 9.53 Å². The zero-order chi connectivity index (χ0) is 12.2. The third-order valence-electron chi connectivity index (χ3n) is 2.70. The quantitative estimate of drug-likeness (QED) is 0.728. The lowest BCUT2D eigenvalue weighted by Crippen LogP contribution is -2.46. The molecule has 1 aliphatic heterocycles. The van der Waals surface area contributed by atoms with Crippen molar-refractivity contribution in [1.29, 1.82) is 0 Å². The van der Waals surface area contributed by atoms with Crippen LogP contribution in [0.25, 0.3) is 0 Å². The second kappa shape index (κ2) is 5.89. The summed E-state index contributed by atoms with van der Waals surface area (Å²) >= 11 is 3.44. The number of halogens is 1. The number of alkyl halides is 1. The van der Waals surface area contributed by atoms with E-state index in [1.54, 1.807) is 0 Å². The Labute approximate surface area is 107 Å². The first-order valence-corrected chi connectivity index (χ1v) is 7.12. The standard InChI is InChI=1S/C12H22BrNO2/c1-12(2,3)16-11(15)14-9-5-4-6-10(14)7-8-13/h10H,4-9H2,1-3H3/t10-/m0/s1. The van der Waals surface area contributed by atoms with Gasteiger partial charge in [-0.25, -0.2) is 4.79 Å². The van der Waals surface area contributed by atoms with E-state index in [2.05, 4.69) is 15.9 Å². The van der Waals surface area contributed by atoms with Crippen LogP contribution in [0.15, 0.2) is 0 Å². The zero-order valence-corrected chi connectivity index (χ0v) is 12.0. The van der Waals surface area contributed by atoms with Crippen LogP contribution < -0.4 is 0 Å². The fourth-order valence-electron chi connectivity index (χ4n) is 1.99. The Morgan fingerprint density at radius 3 is 2.69 bits per heavy atom. The Balaban J connectivity index is 2.57. The van der Waals surface area contributed by atoms with E-state index in [1.165, 1.54) is 6.42 Å². The molecule has 0 aliphatic carbocycles. The van der Waals surface area contributed by atoms with Crippen molar-refractivity contribution in [1.82, 2.24) is 4.90 Å². The lowest BCUT2D eigenvalue weighted by molar-refractivity contribution is 0.00962. The average molecular weight is 292 g/mol. The van der Waals surface area contributed by atoms with Crippen molar-refractivity contribution in [3.63, 3.8) is 0 Å². The van der Waals surface area contributed by atoms with Crippen LogP contribution in [0.2, 0.25) is 0 Å². The summed E-state index contributed by atoms with van der Waals surface area (Å²) in [4.78, 5) is 13.9. The smallest absolute Gasteiger partial charge is 0.410 e. The summed E-state index contributed by atoms with van der Waals surface area (Å²) < 4.78 is 5.43. The summed E-state index contributed by atoms with van der Waals surface area (Å²) in [5.74, 6) is 0. The zero-order valence-electron chi connectivity index (χ0n) is 10.5. The Morgan fingerprint density at radius 1 is 1.44 bits per heavy atom. The Bertz CT molecular complexity index is 236. The van der Waals surface area contributed by atoms with E-state index in [4.69, 9.17) is 4.74 Å². The normalized spacial score (nSPS) is 22.0. The minimum Gasteiger partial charge on any atom is -0.444 e. The van der Waals surface area contributed by atoms with Crippen molar-refractivity contribution >= 4 is 22.0 Å². The van der Waals surface area contributed by atoms with Crippen molar-refractivity contribution in [3.8, 4) is 0 Å². The van der Waals surface area contributed by atoms with Gasteiger partial charge in [0, 0.05) is 17.9 Å². The maximum absolute atomic E-state index is 12.0. The van der Waals surface area contributed by atoms with E-state index >= 15 is 0 Å². The van der Waals surface area contributed by atoms with Gasteiger partial charge in [0.15, 0.2) is 0 Å². The molecule has 1 heterocycles. The maximum atomic E-state index is 12.0. The molecular weight excluding hydrogens is 270 g/mol. The Hall–Kier alpha value is -0.250. The topological polar surface area (TPSA) is 29.5 Å². The van der Waals surface area contributed by atoms with Gasteiger partial charge in [0.05, 0.1) is 0 Å². The minimum atomic E-state index is -0.395. The number of ether oxygens (including phenoxy) is 1. The first-order chi connectivity index (χ1) is 7.44. The Kier molecular flexibility index (Phi) is 5.09. The highest BCUT2D eigenvalue weighted by Gasteiger charge is 2.29. The molecule has 0 N–H and O–H groups in total. The van der Waals surface area contributed by atoms with Gasteiger partial charge in [-0.2, -0.15) is 0 Å². The third kappa shape index (κ3) is 4.32. The molecule has 94 valence electrons. The van der Waals surface area contributed by atoms with Gasteiger partial charge < -0.3 is 9.64 Å². The second-order valence-electron chi connectivity index (χ2n) is 5.30. The van der Waals surface area contributed by atoms with Crippen molar-refractivity contribution in [2.45, 2.75) is 58.1 Å². The molecule has 0 spiro atoms. The van der Waals surface area contributed by atoms with Crippen LogP contribution in [0.3, 0.4) is 0 Å². The van der Waals surface area contributed by atoms with E-state index in [0.29, 0.717) is 6.04 Å². The summed E-state index contributed by atoms with van der Waals surface area (Å²) in [5, 5.41) is 0.941. The highest BCUT2D eigenvalue weighted by molar-refractivity contribution is 9.09. The largest absolute Gasteiger partial charge is 0.444 e. The molecule has 4 heteroatoms. The SMILES string of the molecule is CC(C)(C)OC(=O)N1CCCC[C@H]1CCBr. The number of amides is 1. The molecule has 0 aromatic rings. The first kappa shape index (κ1) is 13.8. The molecule has 1 atom stereocenters. The molecule has 3 nitrogen and oxygen atoms in total. The summed E-state index contributed by atoms with van der Waals surface area (Å²) in [5.41, 5.74) is -0.395. The van der Waals surface area contributed by atoms with Crippen LogP contribution in [0, 0.1) is 0 Å². The number of likely N-dealkylation sites (tertiary alicyclic amines) is 1. The summed E-state index contributed by atoms with van der Waals surface area (Å²) in [6.45, 7) is 6.57. The first-order valence-electron chi connectivity index (χ1n) is 5.99. The van der Waals surface area contributed by atoms with Gasteiger partial charge in [-0.3, -0.25) is 0 Å². The number of carbonyl (C=O) groups excluding carboxylic acids is 1. The van der Waals surface area contributed by atoms with Gasteiger partial charge in [-0.15, -0.1) is 0 Å². The second-order valence-corrected chi connectivity index (χ2v) is 6.09. The number of rotatable bonds is 2. The number of carbonyl (C=O) groups is 1. The van der Waals surface area contributed by atoms with Gasteiger partial charge in [0.25, 0.3) is 0 Å². The monoisotopic (exact) mass is 291 g/mol. The lowest BCUT2D eigenvalue weighted by Gasteiger charge is -2.36. The molecule has 0 radical (unpaired) electrons. The summed E-state index contributed by atoms with van der Waals surface area (Å²) in [7, 11) is 0. The highest BCUT2D eigenvalue weighted by atomic mass is 79.9. The fraction of sp³-hybridized carbons (Fsp3) is 0.917. The minimum absolute atomic E-state index is 0.154. The van der Waals surface area contributed by atoms with Crippen LogP contribution >= 0.6 is 15.9 Å². The number of nitrogens with zero attached hydrogens (tertiary/aromatic N) is 1. The highest BCUT2D eigenvalue weighted by Crippen LogP contribution is 2.22. The van der Waals surface area contributed by atoms with Crippen LogP contribution in [-0.2, 0) is 4.74 Å². The van der Waals surface area contributed by atoms with E-state index in [1.807, 2.05) is 25.7 Å². The lowest BCUT2D eigenvalue weighted by atomic mass is 10.0. The number of hydrogen-bond acceptors (Lipinski definition) is 2. The van der Waals surface area contributed by atoms with Crippen molar-refractivity contribution in [3.05, 3.63) is 0 Å². The van der Waals surface area contributed by atoms with Gasteiger partial charge in [-0.05, 0) is 46.5 Å². The summed E-state index contributed by atoms with van der Waals surface area (Å²) in [6.07, 6.45) is 4.28. The molecule has 0 aromatic carbocycles. The van der Waals surface area contributed by atoms with E-state index < -0.39 is 5.60 Å². The molecular formula is C12H22BrNO2. The Morgan fingerprint density at radius 2 is 2.12 bits per heavy atom. The van der Waals surface area contributed by atoms with Crippen LogP contribution in [0.1, 0.15) is 46.5 Å². The van der Waals surface area contributed by atoms with Gasteiger partial charge in [-0.1, -0.05) is 15.9 Å². The van der Waals surface area contributed by atoms with E-state index in [9.17, 15) is 4.79 Å². The van der Waals surface area contributed by atoms with E-state index in [0.717, 1.165) is 31.1 Å². The molecule has 16 heavy (non-hydrogen) atoms. The van der Waals surface area contributed by atoms with Gasteiger partial charge >= 0.3 is 6.09 Å². The number of piperidine rings is 1. The van der Waals surface area contributed by atoms with Crippen LogP contribution in [0.4, 0.5) is 4.79 Å². The number of hydrogen-bond donors (Lipinski definition) is 0. The van der Waals surface area contributed by atoms with Gasteiger partial charge in [0.1, 0.15) is 5.60 Å². The van der Waals surface area contributed by atoms with Gasteiger partial charge in [0.2, 0.25) is 0 Å². The predicted octanol–water partition coefficient (Wildman–Crippen LogP) is 3.56. The predicted molar refractivity (Wildman–Crippen MR) is 69.0 cm³/mol. The van der Waals surface area contributed by atoms with E-state index in [-0.39, 0.29) is 6.09 Å². The van der Waals surface area contributed by atoms with Crippen LogP contribution in [0.5, 0.6) is 0 Å². The average Bonchev–Trinajstić information content (AvgIpc) is 2.16. The molecule has 0 bridgehead atoms. The van der Waals surface area contributed by atoms with Crippen molar-refractivity contribution in [2.75, 3.05) is 11.9 Å². The molecule has 1 fully saturated rings. The molecule has 1 rings (SSSR count). The molecule has 1 amide bonds. The fourth-order valence-corrected chi connectivity index (χ4v) is 2.52. The molecule has 0 unspecified atom stereocenters. The maximum Gasteiger partial charge on any atom is 0.410 e. The van der Waals surface area contributed by atoms with Crippen molar-refractivity contribution in [2.24, 2.45) is 0 Å². The summed E-state index contributed by atoms with van der Waals surface area (Å²) in [6, 6.07) is 0.350. The molecule has 1 saturated heterocycles. The molecule has 0 saturated carbocycles. The van der Waals surface area contributed by atoms with Crippen LogP contribution in [-0.4, -0.2) is 34.5 Å². The third-order valence-corrected chi connectivity index (χ3v) is 3.16. The molecule has 1 aliphatic rings. The molecule has 0 aromatic heterocycles.